The van der Waals surface area contributed by atoms with Crippen molar-refractivity contribution >= 4 is 0 Å². The maximum Gasteiger partial charge on any atom is -0.0231 e. The van der Waals surface area contributed by atoms with Crippen molar-refractivity contribution in [3.63, 3.8) is 0 Å². The van der Waals surface area contributed by atoms with E-state index in [1.54, 1.807) is 0 Å². The van der Waals surface area contributed by atoms with Gasteiger partial charge in [0.25, 0.3) is 0 Å². The van der Waals surface area contributed by atoms with E-state index < -0.39 is 0 Å². The molecular formula is C85H184. The standard InChI is InChI=1S/C13H28.6C12H26/c1-12(2,3)10-8-7-9-11-13(4,5)6;2*1-10(12(5,6)7)8-9-11(2,3)4;1-9(11(3,4)5)10(2)12(6,7)8;1-9-12(8,10(2,3)4)11(5,6)7;1-8-10(12(5,6)7)9-11(2,3)4;1-8-9-10(11(2,3)4)12(5,6)7/h7-11H2,1-6H3;2*10H,8-9H2,1-7H3;9-10H,1-8H3;9H2,1-8H3;2*10H,8-9H2,1-7H3. The summed E-state index contributed by atoms with van der Waals surface area (Å²) in [6.07, 6.45) is 18.9. The Morgan fingerprint density at radius 1 is 0.259 bits per heavy atom. The highest BCUT2D eigenvalue weighted by atomic mass is 14.5. The molecule has 0 nitrogen and oxygen atoms in total. The van der Waals surface area contributed by atoms with Crippen molar-refractivity contribution in [1.82, 2.24) is 0 Å². The molecule has 0 aromatic carbocycles. The Hall–Kier alpha value is 0. The molecule has 0 aliphatic heterocycles. The van der Waals surface area contributed by atoms with Gasteiger partial charge >= 0.3 is 0 Å². The summed E-state index contributed by atoms with van der Waals surface area (Å²) in [6, 6.07) is 0. The maximum atomic E-state index is 2.41. The number of rotatable bonds is 14. The van der Waals surface area contributed by atoms with E-state index in [0.717, 1.165) is 35.5 Å². The van der Waals surface area contributed by atoms with Gasteiger partial charge in [-0.25, -0.2) is 0 Å². The molecule has 5 atom stereocenters. The fraction of sp³-hybridized carbons (Fsp3) is 1.00. The quantitative estimate of drug-likeness (QED) is 0.152. The van der Waals surface area contributed by atoms with Gasteiger partial charge in [0.15, 0.2) is 0 Å². The molecule has 0 aliphatic carbocycles. The van der Waals surface area contributed by atoms with Gasteiger partial charge in [0.2, 0.25) is 0 Å². The van der Waals surface area contributed by atoms with Crippen LogP contribution in [0.15, 0.2) is 0 Å². The monoisotopic (exact) mass is 1210 g/mol. The smallest absolute Gasteiger partial charge is 0.0231 e. The summed E-state index contributed by atoms with van der Waals surface area (Å²) in [7, 11) is 0. The summed E-state index contributed by atoms with van der Waals surface area (Å²) < 4.78 is 0. The first kappa shape index (κ1) is 98.6. The molecule has 0 aromatic rings. The summed E-state index contributed by atoms with van der Waals surface area (Å²) in [5.74, 6) is 4.90. The van der Waals surface area contributed by atoms with Crippen molar-refractivity contribution in [3.05, 3.63) is 0 Å². The van der Waals surface area contributed by atoms with Crippen molar-refractivity contribution in [3.8, 4) is 0 Å². The van der Waals surface area contributed by atoms with Crippen LogP contribution in [-0.2, 0) is 0 Å². The van der Waals surface area contributed by atoms with Crippen molar-refractivity contribution < 1.29 is 0 Å². The first-order chi connectivity index (χ1) is 36.4. The minimum absolute atomic E-state index is 0.389. The van der Waals surface area contributed by atoms with Crippen LogP contribution in [0, 0.1) is 117 Å². The highest BCUT2D eigenvalue weighted by Gasteiger charge is 2.45. The van der Waals surface area contributed by atoms with E-state index in [1.807, 2.05) is 0 Å². The van der Waals surface area contributed by atoms with Gasteiger partial charge in [0, 0.05) is 0 Å². The van der Waals surface area contributed by atoms with E-state index in [2.05, 4.69) is 346 Å². The van der Waals surface area contributed by atoms with Gasteiger partial charge in [-0.1, -0.05) is 378 Å². The second kappa shape index (κ2) is 38.9. The van der Waals surface area contributed by atoms with E-state index >= 15 is 0 Å². The van der Waals surface area contributed by atoms with Crippen LogP contribution in [0.2, 0.25) is 0 Å². The Morgan fingerprint density at radius 3 is 0.624 bits per heavy atom. The Kier molecular flexibility index (Phi) is 45.1. The molecule has 0 aliphatic rings. The molecule has 0 amide bonds. The third-order valence-electron chi connectivity index (χ3n) is 20.7. The Bertz CT molecular complexity index is 1440. The number of unbranched alkanes of at least 4 members (excludes halogenated alkanes) is 2. The van der Waals surface area contributed by atoms with Crippen LogP contribution in [0.4, 0.5) is 0 Å². The van der Waals surface area contributed by atoms with Gasteiger partial charge in [-0.15, -0.1) is 0 Å². The van der Waals surface area contributed by atoms with Crippen molar-refractivity contribution in [2.24, 2.45) is 117 Å². The van der Waals surface area contributed by atoms with E-state index in [9.17, 15) is 0 Å². The molecule has 85 heavy (non-hydrogen) atoms. The minimum atomic E-state index is 0.389. The third kappa shape index (κ3) is 57.6. The van der Waals surface area contributed by atoms with E-state index in [0.29, 0.717) is 81.2 Å². The van der Waals surface area contributed by atoms with Crippen molar-refractivity contribution in [2.75, 3.05) is 0 Å². The second-order valence-electron chi connectivity index (χ2n) is 44.2. The van der Waals surface area contributed by atoms with Crippen LogP contribution in [0.5, 0.6) is 0 Å². The summed E-state index contributed by atoms with van der Waals surface area (Å²) in [5.41, 5.74) is 6.94. The fourth-order valence-electron chi connectivity index (χ4n) is 11.6. The Balaban J connectivity index is -0.000000167. The summed E-state index contributed by atoms with van der Waals surface area (Å²) in [5, 5.41) is 0. The van der Waals surface area contributed by atoms with E-state index in [1.165, 1.54) is 89.9 Å². The van der Waals surface area contributed by atoms with Gasteiger partial charge in [-0.3, -0.25) is 0 Å². The largest absolute Gasteiger partial charge is 0.0654 e. The zero-order valence-electron chi connectivity index (χ0n) is 70.9. The van der Waals surface area contributed by atoms with Gasteiger partial charge in [-0.2, -0.15) is 0 Å². The molecule has 5 unspecified atom stereocenters. The molecule has 0 saturated heterocycles. The molecule has 0 N–H and O–H groups in total. The van der Waals surface area contributed by atoms with Gasteiger partial charge in [-0.05, 0) is 175 Å². The summed E-state index contributed by atoms with van der Waals surface area (Å²) >= 11 is 0. The first-order valence-electron chi connectivity index (χ1n) is 36.4. The van der Waals surface area contributed by atoms with E-state index in [-0.39, 0.29) is 0 Å². The van der Waals surface area contributed by atoms with Gasteiger partial charge in [0.1, 0.15) is 0 Å². The average Bonchev–Trinajstić information content (AvgIpc) is 3.21. The molecule has 0 heterocycles. The summed E-state index contributed by atoms with van der Waals surface area (Å²) in [6.45, 7) is 117. The molecule has 0 radical (unpaired) electrons. The molecule has 0 aromatic heterocycles. The minimum Gasteiger partial charge on any atom is -0.0654 e. The van der Waals surface area contributed by atoms with Crippen LogP contribution in [-0.4, -0.2) is 0 Å². The average molecular weight is 1210 g/mol. The summed E-state index contributed by atoms with van der Waals surface area (Å²) in [4.78, 5) is 0. The normalized spacial score (nSPS) is 15.7. The lowest BCUT2D eigenvalue weighted by atomic mass is 9.54. The lowest BCUT2D eigenvalue weighted by molar-refractivity contribution is -0.0172. The third-order valence-corrected chi connectivity index (χ3v) is 20.7. The van der Waals surface area contributed by atoms with Gasteiger partial charge < -0.3 is 0 Å². The van der Waals surface area contributed by atoms with Crippen molar-refractivity contribution in [2.45, 2.75) is 436 Å². The topological polar surface area (TPSA) is 0 Å². The predicted octanol–water partition coefficient (Wildman–Crippen LogP) is 31.9. The molecule has 0 saturated carbocycles. The second-order valence-corrected chi connectivity index (χ2v) is 44.2. The highest BCUT2D eigenvalue weighted by Crippen LogP contribution is 2.53. The maximum absolute atomic E-state index is 2.41. The molecule has 0 spiro atoms. The molecule has 0 fully saturated rings. The fourth-order valence-corrected chi connectivity index (χ4v) is 11.6. The Morgan fingerprint density at radius 2 is 0.518 bits per heavy atom. The number of hydrogen-bond donors (Lipinski definition) is 0. The number of hydrogen-bond acceptors (Lipinski definition) is 0. The van der Waals surface area contributed by atoms with Crippen molar-refractivity contribution in [1.29, 1.82) is 0 Å². The SMILES string of the molecule is CC(C(C)C(C)(C)C)C(C)(C)C.CC(C)(C)CCCCCC(C)(C)C.CC(CCC(C)(C)C)C(C)(C)C.CC(CCC(C)(C)C)C(C)(C)C.CCC(C)(C(C)(C)C)C(C)(C)C.CCC(CC(C)(C)C)C(C)(C)C.CCCC(C(C)(C)C)C(C)(C)C. The molecular weight excluding hydrogens is 1020 g/mol. The Labute approximate surface area is 549 Å². The lowest BCUT2D eigenvalue weighted by Gasteiger charge is -2.51. The lowest BCUT2D eigenvalue weighted by Crippen LogP contribution is -2.43. The van der Waals surface area contributed by atoms with Crippen LogP contribution < -0.4 is 0 Å². The predicted molar refractivity (Wildman–Crippen MR) is 406 cm³/mol. The van der Waals surface area contributed by atoms with Gasteiger partial charge in [0.05, 0.1) is 0 Å². The van der Waals surface area contributed by atoms with Crippen LogP contribution in [0.25, 0.3) is 0 Å². The molecule has 524 valence electrons. The van der Waals surface area contributed by atoms with Crippen LogP contribution >= 0.6 is 0 Å². The molecule has 0 heteroatoms. The van der Waals surface area contributed by atoms with E-state index in [4.69, 9.17) is 0 Å². The molecule has 0 bridgehead atoms. The highest BCUT2D eigenvalue weighted by molar-refractivity contribution is 4.94. The first-order valence-corrected chi connectivity index (χ1v) is 36.4. The zero-order chi connectivity index (χ0) is 70.9. The van der Waals surface area contributed by atoms with Crippen LogP contribution in [0.1, 0.15) is 436 Å². The van der Waals surface area contributed by atoms with Crippen LogP contribution in [0.3, 0.4) is 0 Å². The zero-order valence-corrected chi connectivity index (χ0v) is 70.9. The molecule has 0 rings (SSSR count).